The Morgan fingerprint density at radius 1 is 1.12 bits per heavy atom. The summed E-state index contributed by atoms with van der Waals surface area (Å²) in [6, 6.07) is 16.4. The number of rotatable bonds is 11. The molecule has 1 N–H and O–H groups in total. The van der Waals surface area contributed by atoms with Crippen LogP contribution in [0, 0.1) is 5.92 Å². The summed E-state index contributed by atoms with van der Waals surface area (Å²) in [4.78, 5) is 27.6. The smallest absolute Gasteiger partial charge is 0.290 e. The van der Waals surface area contributed by atoms with Gasteiger partial charge in [-0.05, 0) is 35.6 Å². The maximum absolute atomic E-state index is 13.2. The molecule has 1 atom stereocenters. The number of carbonyl (C=O) groups is 2. The number of aliphatic hydroxyl groups is 1. The quantitative estimate of drug-likeness (QED) is 0.568. The fourth-order valence-electron chi connectivity index (χ4n) is 3.78. The van der Waals surface area contributed by atoms with Gasteiger partial charge in [0.05, 0.1) is 24.8 Å². The van der Waals surface area contributed by atoms with Crippen LogP contribution in [-0.2, 0) is 20.7 Å². The Bertz CT molecular complexity index is 967. The zero-order valence-electron chi connectivity index (χ0n) is 18.9. The summed E-state index contributed by atoms with van der Waals surface area (Å²) < 4.78 is 11.0. The lowest BCUT2D eigenvalue weighted by atomic mass is 9.93. The molecule has 1 heterocycles. The molecule has 0 spiro atoms. The van der Waals surface area contributed by atoms with E-state index in [4.69, 9.17) is 9.47 Å². The first-order valence-corrected chi connectivity index (χ1v) is 10.9. The third-order valence-corrected chi connectivity index (χ3v) is 5.38. The monoisotopic (exact) mass is 437 g/mol. The van der Waals surface area contributed by atoms with E-state index < -0.39 is 17.7 Å². The fourth-order valence-corrected chi connectivity index (χ4v) is 3.78. The highest BCUT2D eigenvalue weighted by Gasteiger charge is 2.43. The number of ketones is 1. The summed E-state index contributed by atoms with van der Waals surface area (Å²) in [5, 5.41) is 10.7. The maximum Gasteiger partial charge on any atom is 0.290 e. The van der Waals surface area contributed by atoms with Crippen LogP contribution in [0.15, 0.2) is 65.9 Å². The number of methoxy groups -OCH3 is 1. The first kappa shape index (κ1) is 23.5. The van der Waals surface area contributed by atoms with Crippen LogP contribution in [0.25, 0.3) is 0 Å². The number of hydrogen-bond acceptors (Lipinski definition) is 5. The molecule has 0 saturated heterocycles. The van der Waals surface area contributed by atoms with E-state index in [9.17, 15) is 14.7 Å². The molecule has 1 aliphatic rings. The van der Waals surface area contributed by atoms with Crippen LogP contribution < -0.4 is 4.74 Å². The average molecular weight is 438 g/mol. The number of benzene rings is 2. The highest BCUT2D eigenvalue weighted by atomic mass is 16.5. The van der Waals surface area contributed by atoms with E-state index in [0.29, 0.717) is 31.3 Å². The number of aryl methyl sites for hydroxylation is 1. The SMILES string of the molecule is COCCN1C(=O)C(O)=C(C(=O)CCc2ccccc2)C1c1cccc(OCC(C)C)c1. The second kappa shape index (κ2) is 11.0. The molecule has 1 aliphatic heterocycles. The Morgan fingerprint density at radius 3 is 2.56 bits per heavy atom. The molecular formula is C26H31NO5. The normalized spacial score (nSPS) is 16.2. The van der Waals surface area contributed by atoms with E-state index in [1.807, 2.05) is 54.6 Å². The molecule has 2 aromatic carbocycles. The van der Waals surface area contributed by atoms with Crippen molar-refractivity contribution in [3.63, 3.8) is 0 Å². The van der Waals surface area contributed by atoms with Crippen LogP contribution >= 0.6 is 0 Å². The summed E-state index contributed by atoms with van der Waals surface area (Å²) in [7, 11) is 1.55. The van der Waals surface area contributed by atoms with E-state index in [2.05, 4.69) is 13.8 Å². The maximum atomic E-state index is 13.2. The van der Waals surface area contributed by atoms with E-state index in [1.165, 1.54) is 4.90 Å². The van der Waals surface area contributed by atoms with Gasteiger partial charge in [-0.3, -0.25) is 9.59 Å². The van der Waals surface area contributed by atoms with Crippen LogP contribution in [0.2, 0.25) is 0 Å². The number of carbonyl (C=O) groups excluding carboxylic acids is 2. The van der Waals surface area contributed by atoms with Crippen LogP contribution in [0.3, 0.4) is 0 Å². The highest BCUT2D eigenvalue weighted by Crippen LogP contribution is 2.39. The first-order valence-electron chi connectivity index (χ1n) is 10.9. The van der Waals surface area contributed by atoms with Gasteiger partial charge < -0.3 is 19.5 Å². The summed E-state index contributed by atoms with van der Waals surface area (Å²) in [6.45, 7) is 5.25. The Labute approximate surface area is 189 Å². The molecule has 0 aromatic heterocycles. The average Bonchev–Trinajstić information content (AvgIpc) is 3.05. The topological polar surface area (TPSA) is 76.1 Å². The molecule has 1 amide bonds. The molecule has 32 heavy (non-hydrogen) atoms. The summed E-state index contributed by atoms with van der Waals surface area (Å²) in [6.07, 6.45) is 0.738. The van der Waals surface area contributed by atoms with Crippen molar-refractivity contribution in [3.05, 3.63) is 77.1 Å². The summed E-state index contributed by atoms with van der Waals surface area (Å²) in [5.41, 5.74) is 1.90. The molecule has 6 nitrogen and oxygen atoms in total. The van der Waals surface area contributed by atoms with Gasteiger partial charge in [-0.2, -0.15) is 0 Å². The van der Waals surface area contributed by atoms with Crippen molar-refractivity contribution in [2.75, 3.05) is 26.9 Å². The molecule has 3 rings (SSSR count). The van der Waals surface area contributed by atoms with E-state index in [0.717, 1.165) is 11.1 Å². The standard InChI is InChI=1S/C26H31NO5/c1-18(2)17-32-21-11-7-10-20(16-21)24-23(25(29)26(30)27(24)14-15-31-3)22(28)13-12-19-8-5-4-6-9-19/h4-11,16,18,24,29H,12-15,17H2,1-3H3. The van der Waals surface area contributed by atoms with Crippen molar-refractivity contribution < 1.29 is 24.2 Å². The summed E-state index contributed by atoms with van der Waals surface area (Å²) in [5.74, 6) is -0.235. The molecule has 6 heteroatoms. The Morgan fingerprint density at radius 2 is 1.88 bits per heavy atom. The van der Waals surface area contributed by atoms with Gasteiger partial charge >= 0.3 is 0 Å². The second-order valence-corrected chi connectivity index (χ2v) is 8.34. The lowest BCUT2D eigenvalue weighted by Crippen LogP contribution is -2.34. The molecular weight excluding hydrogens is 406 g/mol. The van der Waals surface area contributed by atoms with Gasteiger partial charge in [0, 0.05) is 20.1 Å². The minimum atomic E-state index is -0.677. The van der Waals surface area contributed by atoms with E-state index in [-0.39, 0.29) is 24.3 Å². The number of hydrogen-bond donors (Lipinski definition) is 1. The molecule has 2 aromatic rings. The first-order chi connectivity index (χ1) is 15.4. The van der Waals surface area contributed by atoms with Gasteiger partial charge in [0.25, 0.3) is 5.91 Å². The zero-order chi connectivity index (χ0) is 23.1. The van der Waals surface area contributed by atoms with E-state index in [1.54, 1.807) is 7.11 Å². The van der Waals surface area contributed by atoms with Crippen molar-refractivity contribution in [1.82, 2.24) is 4.90 Å². The van der Waals surface area contributed by atoms with Crippen LogP contribution in [0.5, 0.6) is 5.75 Å². The number of aliphatic hydroxyl groups excluding tert-OH is 1. The Hall–Kier alpha value is -3.12. The van der Waals surface area contributed by atoms with Crippen LogP contribution in [0.4, 0.5) is 0 Å². The minimum Gasteiger partial charge on any atom is -0.503 e. The Balaban J connectivity index is 1.90. The van der Waals surface area contributed by atoms with Crippen molar-refractivity contribution in [1.29, 1.82) is 0 Å². The zero-order valence-corrected chi connectivity index (χ0v) is 18.9. The lowest BCUT2D eigenvalue weighted by Gasteiger charge is -2.27. The highest BCUT2D eigenvalue weighted by molar-refractivity contribution is 6.09. The largest absolute Gasteiger partial charge is 0.503 e. The van der Waals surface area contributed by atoms with Gasteiger partial charge in [-0.25, -0.2) is 0 Å². The molecule has 0 aliphatic carbocycles. The predicted molar refractivity (Wildman–Crippen MR) is 123 cm³/mol. The van der Waals surface area contributed by atoms with Crippen molar-refractivity contribution in [2.45, 2.75) is 32.7 Å². The van der Waals surface area contributed by atoms with Crippen molar-refractivity contribution in [3.8, 4) is 5.75 Å². The number of amides is 1. The van der Waals surface area contributed by atoms with E-state index >= 15 is 0 Å². The minimum absolute atomic E-state index is 0.142. The van der Waals surface area contributed by atoms with Gasteiger partial charge in [-0.1, -0.05) is 56.3 Å². The van der Waals surface area contributed by atoms with Crippen LogP contribution in [-0.4, -0.2) is 48.6 Å². The lowest BCUT2D eigenvalue weighted by molar-refractivity contribution is -0.130. The third-order valence-electron chi connectivity index (χ3n) is 5.38. The number of nitrogens with zero attached hydrogens (tertiary/aromatic N) is 1. The Kier molecular flexibility index (Phi) is 8.06. The molecule has 0 bridgehead atoms. The van der Waals surface area contributed by atoms with Crippen molar-refractivity contribution >= 4 is 11.7 Å². The number of ether oxygens (including phenoxy) is 2. The molecule has 170 valence electrons. The predicted octanol–water partition coefficient (Wildman–Crippen LogP) is 4.27. The van der Waals surface area contributed by atoms with Gasteiger partial charge in [0.1, 0.15) is 5.75 Å². The molecule has 0 radical (unpaired) electrons. The van der Waals surface area contributed by atoms with Gasteiger partial charge in [0.15, 0.2) is 11.5 Å². The number of Topliss-reactive ketones (excluding diaryl/α,β-unsaturated/α-hetero) is 1. The third kappa shape index (κ3) is 5.56. The molecule has 0 saturated carbocycles. The molecule has 1 unspecified atom stereocenters. The fraction of sp³-hybridized carbons (Fsp3) is 0.385. The molecule has 0 fully saturated rings. The van der Waals surface area contributed by atoms with Gasteiger partial charge in [-0.15, -0.1) is 0 Å². The summed E-state index contributed by atoms with van der Waals surface area (Å²) >= 11 is 0. The van der Waals surface area contributed by atoms with Crippen LogP contribution in [0.1, 0.15) is 37.4 Å². The van der Waals surface area contributed by atoms with Crippen molar-refractivity contribution in [2.24, 2.45) is 5.92 Å². The van der Waals surface area contributed by atoms with Gasteiger partial charge in [0.2, 0.25) is 0 Å². The second-order valence-electron chi connectivity index (χ2n) is 8.34.